The van der Waals surface area contributed by atoms with Gasteiger partial charge in [0.1, 0.15) is 12.3 Å². The number of benzene rings is 1. The third-order valence-corrected chi connectivity index (χ3v) is 3.44. The zero-order valence-electron chi connectivity index (χ0n) is 11.2. The van der Waals surface area contributed by atoms with E-state index in [1.165, 1.54) is 0 Å². The van der Waals surface area contributed by atoms with E-state index in [-0.39, 0.29) is 31.0 Å². The molecule has 20 heavy (non-hydrogen) atoms. The van der Waals surface area contributed by atoms with Crippen molar-refractivity contribution in [3.05, 3.63) is 36.0 Å². The molecule has 1 aromatic heterocycles. The van der Waals surface area contributed by atoms with Crippen LogP contribution in [-0.2, 0) is 14.3 Å². The molecule has 0 amide bonds. The number of nitrogens with zero attached hydrogens (tertiary/aromatic N) is 1. The Morgan fingerprint density at radius 2 is 2.25 bits per heavy atom. The number of carbonyl (C=O) groups is 2. The van der Waals surface area contributed by atoms with Gasteiger partial charge in [0, 0.05) is 10.9 Å². The number of aromatic nitrogens is 1. The van der Waals surface area contributed by atoms with E-state index >= 15 is 0 Å². The summed E-state index contributed by atoms with van der Waals surface area (Å²) in [5.74, 6) is -0.625. The molecule has 1 aromatic carbocycles. The number of cyclic esters (lactones) is 1. The number of rotatable bonds is 3. The zero-order valence-corrected chi connectivity index (χ0v) is 11.2. The monoisotopic (exact) mass is 273 g/mol. The summed E-state index contributed by atoms with van der Waals surface area (Å²) in [6, 6.07) is 9.30. The molecular weight excluding hydrogens is 258 g/mol. The van der Waals surface area contributed by atoms with Gasteiger partial charge in [-0.15, -0.1) is 0 Å². The molecule has 1 aliphatic heterocycles. The van der Waals surface area contributed by atoms with Crippen LogP contribution >= 0.6 is 0 Å². The van der Waals surface area contributed by atoms with Gasteiger partial charge in [-0.2, -0.15) is 0 Å². The molecule has 1 atom stereocenters. The Balaban J connectivity index is 2.03. The van der Waals surface area contributed by atoms with E-state index in [2.05, 4.69) is 0 Å². The number of para-hydroxylation sites is 1. The van der Waals surface area contributed by atoms with Crippen LogP contribution in [0.3, 0.4) is 0 Å². The van der Waals surface area contributed by atoms with Crippen LogP contribution in [0, 0.1) is 0 Å². The van der Waals surface area contributed by atoms with Gasteiger partial charge < -0.3 is 14.0 Å². The molecule has 0 N–H and O–H groups in total. The van der Waals surface area contributed by atoms with Crippen LogP contribution in [0.15, 0.2) is 30.3 Å². The van der Waals surface area contributed by atoms with E-state index in [0.717, 1.165) is 10.9 Å². The lowest BCUT2D eigenvalue weighted by atomic mass is 10.2. The first kappa shape index (κ1) is 12.7. The predicted octanol–water partition coefficient (Wildman–Crippen LogP) is 2.31. The number of esters is 2. The van der Waals surface area contributed by atoms with Crippen molar-refractivity contribution >= 4 is 22.8 Å². The van der Waals surface area contributed by atoms with Crippen LogP contribution < -0.4 is 0 Å². The molecule has 3 rings (SSSR count). The third-order valence-electron chi connectivity index (χ3n) is 3.44. The number of hydrogen-bond acceptors (Lipinski definition) is 4. The first-order valence-corrected chi connectivity index (χ1v) is 6.63. The van der Waals surface area contributed by atoms with E-state index in [0.29, 0.717) is 12.3 Å². The van der Waals surface area contributed by atoms with Gasteiger partial charge in [-0.05, 0) is 19.1 Å². The largest absolute Gasteiger partial charge is 0.466 e. The Morgan fingerprint density at radius 1 is 1.45 bits per heavy atom. The van der Waals surface area contributed by atoms with E-state index in [9.17, 15) is 9.59 Å². The van der Waals surface area contributed by atoms with Crippen molar-refractivity contribution in [1.29, 1.82) is 0 Å². The van der Waals surface area contributed by atoms with Crippen LogP contribution in [0.5, 0.6) is 0 Å². The lowest BCUT2D eigenvalue weighted by molar-refractivity contribution is -0.144. The molecule has 0 saturated carbocycles. The summed E-state index contributed by atoms with van der Waals surface area (Å²) >= 11 is 0. The second-order valence-corrected chi connectivity index (χ2v) is 4.72. The second kappa shape index (κ2) is 5.00. The Morgan fingerprint density at radius 3 is 3.05 bits per heavy atom. The van der Waals surface area contributed by atoms with Crippen LogP contribution in [0.4, 0.5) is 0 Å². The highest BCUT2D eigenvalue weighted by molar-refractivity contribution is 5.96. The average Bonchev–Trinajstić information content (AvgIpc) is 2.83. The van der Waals surface area contributed by atoms with Crippen LogP contribution in [0.2, 0.25) is 0 Å². The van der Waals surface area contributed by atoms with Crippen LogP contribution in [0.25, 0.3) is 10.9 Å². The van der Waals surface area contributed by atoms with Crippen molar-refractivity contribution in [2.45, 2.75) is 19.4 Å². The van der Waals surface area contributed by atoms with Gasteiger partial charge in [0.2, 0.25) is 0 Å². The molecular formula is C15H15NO4. The van der Waals surface area contributed by atoms with Gasteiger partial charge in [0.15, 0.2) is 0 Å². The van der Waals surface area contributed by atoms with Crippen LogP contribution in [0.1, 0.15) is 29.9 Å². The number of hydrogen-bond donors (Lipinski definition) is 0. The molecule has 2 aromatic rings. The molecule has 0 saturated heterocycles. The molecule has 2 heterocycles. The van der Waals surface area contributed by atoms with Gasteiger partial charge in [-0.1, -0.05) is 18.2 Å². The van der Waals surface area contributed by atoms with E-state index in [1.54, 1.807) is 13.0 Å². The fourth-order valence-corrected chi connectivity index (χ4v) is 2.61. The average molecular weight is 273 g/mol. The summed E-state index contributed by atoms with van der Waals surface area (Å²) < 4.78 is 12.0. The summed E-state index contributed by atoms with van der Waals surface area (Å²) in [5.41, 5.74) is 1.43. The maximum absolute atomic E-state index is 11.9. The van der Waals surface area contributed by atoms with Gasteiger partial charge in [0.25, 0.3) is 0 Å². The topological polar surface area (TPSA) is 57.5 Å². The summed E-state index contributed by atoms with van der Waals surface area (Å²) in [6.45, 7) is 2.32. The van der Waals surface area contributed by atoms with Crippen molar-refractivity contribution in [2.75, 3.05) is 13.2 Å². The summed E-state index contributed by atoms with van der Waals surface area (Å²) in [4.78, 5) is 23.5. The first-order valence-electron chi connectivity index (χ1n) is 6.63. The van der Waals surface area contributed by atoms with Crippen molar-refractivity contribution in [3.63, 3.8) is 0 Å². The normalized spacial score (nSPS) is 17.6. The van der Waals surface area contributed by atoms with Gasteiger partial charge >= 0.3 is 11.9 Å². The molecule has 1 unspecified atom stereocenters. The molecule has 0 aliphatic carbocycles. The third kappa shape index (κ3) is 2.05. The molecule has 1 aliphatic rings. The standard InChI is InChI=1S/C15H15NO4/c1-2-19-14(17)8-11-9-20-15(18)13-7-10-5-3-4-6-12(10)16(11)13/h3-7,11H,2,8-9H2,1H3. The van der Waals surface area contributed by atoms with Crippen molar-refractivity contribution in [3.8, 4) is 0 Å². The minimum absolute atomic E-state index is 0.198. The van der Waals surface area contributed by atoms with E-state index in [4.69, 9.17) is 9.47 Å². The van der Waals surface area contributed by atoms with Gasteiger partial charge in [-0.25, -0.2) is 4.79 Å². The van der Waals surface area contributed by atoms with Crippen molar-refractivity contribution in [1.82, 2.24) is 4.57 Å². The quantitative estimate of drug-likeness (QED) is 0.805. The number of ether oxygens (including phenoxy) is 2. The Kier molecular flexibility index (Phi) is 3.18. The summed E-state index contributed by atoms with van der Waals surface area (Å²) in [6.07, 6.45) is 0.201. The Hall–Kier alpha value is -2.30. The maximum atomic E-state index is 11.9. The molecule has 0 spiro atoms. The van der Waals surface area contributed by atoms with E-state index in [1.807, 2.05) is 28.8 Å². The molecule has 0 bridgehead atoms. The fourth-order valence-electron chi connectivity index (χ4n) is 2.61. The summed E-state index contributed by atoms with van der Waals surface area (Å²) in [7, 11) is 0. The molecule has 104 valence electrons. The highest BCUT2D eigenvalue weighted by Gasteiger charge is 2.30. The molecule has 0 radical (unpaired) electrons. The molecule has 0 fully saturated rings. The smallest absolute Gasteiger partial charge is 0.355 e. The minimum atomic E-state index is -0.346. The molecule has 5 nitrogen and oxygen atoms in total. The lowest BCUT2D eigenvalue weighted by Crippen LogP contribution is -2.30. The SMILES string of the molecule is CCOC(=O)CC1COC(=O)c2cc3ccccc3n21. The first-order chi connectivity index (χ1) is 9.70. The number of carbonyl (C=O) groups excluding carboxylic acids is 2. The highest BCUT2D eigenvalue weighted by atomic mass is 16.5. The number of fused-ring (bicyclic) bond motifs is 3. The summed E-state index contributed by atoms with van der Waals surface area (Å²) in [5, 5.41) is 0.968. The Labute approximate surface area is 116 Å². The minimum Gasteiger partial charge on any atom is -0.466 e. The van der Waals surface area contributed by atoms with Crippen molar-refractivity contribution < 1.29 is 19.1 Å². The van der Waals surface area contributed by atoms with Crippen LogP contribution in [-0.4, -0.2) is 29.7 Å². The highest BCUT2D eigenvalue weighted by Crippen LogP contribution is 2.30. The lowest BCUT2D eigenvalue weighted by Gasteiger charge is -2.25. The predicted molar refractivity (Wildman–Crippen MR) is 72.5 cm³/mol. The van der Waals surface area contributed by atoms with Gasteiger partial charge in [0.05, 0.1) is 19.1 Å². The van der Waals surface area contributed by atoms with Gasteiger partial charge in [-0.3, -0.25) is 4.79 Å². The van der Waals surface area contributed by atoms with Crippen molar-refractivity contribution in [2.24, 2.45) is 0 Å². The fraction of sp³-hybridized carbons (Fsp3) is 0.333. The molecule has 5 heteroatoms. The van der Waals surface area contributed by atoms with E-state index < -0.39 is 0 Å². The second-order valence-electron chi connectivity index (χ2n) is 4.72. The zero-order chi connectivity index (χ0) is 14.1. The maximum Gasteiger partial charge on any atom is 0.355 e. The Bertz CT molecular complexity index is 674.